The quantitative estimate of drug-likeness (QED) is 0.777. The van der Waals surface area contributed by atoms with E-state index in [1.165, 1.54) is 0 Å². The number of aliphatic hydroxyl groups excluding tert-OH is 1. The van der Waals surface area contributed by atoms with Gasteiger partial charge in [0.25, 0.3) is 5.91 Å². The molecule has 2 aliphatic rings. The Bertz CT molecular complexity index is 550. The van der Waals surface area contributed by atoms with Crippen LogP contribution in [0.15, 0.2) is 18.2 Å². The third kappa shape index (κ3) is 2.76. The molecule has 5 nitrogen and oxygen atoms in total. The highest BCUT2D eigenvalue weighted by Gasteiger charge is 2.35. The zero-order valence-corrected chi connectivity index (χ0v) is 12.5. The van der Waals surface area contributed by atoms with Crippen LogP contribution in [0.4, 0.5) is 5.69 Å². The Hall–Kier alpha value is -1.59. The minimum atomic E-state index is -0.861. The number of aliphatic hydroxyl groups is 1. The van der Waals surface area contributed by atoms with Crippen LogP contribution in [-0.2, 0) is 4.79 Å². The Labute approximate surface area is 124 Å². The van der Waals surface area contributed by atoms with Crippen molar-refractivity contribution >= 4 is 11.6 Å². The summed E-state index contributed by atoms with van der Waals surface area (Å²) in [7, 11) is 0. The van der Waals surface area contributed by atoms with Gasteiger partial charge in [-0.25, -0.2) is 0 Å². The lowest BCUT2D eigenvalue weighted by Gasteiger charge is -2.33. The van der Waals surface area contributed by atoms with Crippen molar-refractivity contribution in [2.75, 3.05) is 18.4 Å². The molecule has 1 amide bonds. The second-order valence-corrected chi connectivity index (χ2v) is 6.37. The van der Waals surface area contributed by atoms with E-state index in [1.807, 2.05) is 18.2 Å². The van der Waals surface area contributed by atoms with Gasteiger partial charge in [0.15, 0.2) is 5.60 Å². The average Bonchev–Trinajstić information content (AvgIpc) is 2.48. The van der Waals surface area contributed by atoms with E-state index in [2.05, 4.69) is 10.6 Å². The summed E-state index contributed by atoms with van der Waals surface area (Å²) in [5, 5.41) is 16.7. The van der Waals surface area contributed by atoms with Crippen LogP contribution in [0, 0.1) is 5.92 Å². The molecule has 0 bridgehead atoms. The molecule has 2 heterocycles. The molecule has 0 aromatic heterocycles. The summed E-state index contributed by atoms with van der Waals surface area (Å²) in [5.74, 6) is 0.701. The maximum Gasteiger partial charge on any atom is 0.268 e. The molecule has 0 radical (unpaired) electrons. The molecule has 1 saturated heterocycles. The molecule has 5 heteroatoms. The molecular weight excluding hydrogens is 268 g/mol. The predicted octanol–water partition coefficient (Wildman–Crippen LogP) is 1.83. The summed E-state index contributed by atoms with van der Waals surface area (Å²) in [6.45, 7) is 5.32. The topological polar surface area (TPSA) is 70.6 Å². The molecule has 0 spiro atoms. The number of nitrogens with one attached hydrogen (secondary N) is 2. The maximum absolute atomic E-state index is 12.0. The van der Waals surface area contributed by atoms with Gasteiger partial charge in [-0.05, 0) is 50.9 Å². The Kier molecular flexibility index (Phi) is 3.63. The van der Waals surface area contributed by atoms with Crippen LogP contribution >= 0.6 is 0 Å². The number of fused-ring (bicyclic) bond motifs is 1. The van der Waals surface area contributed by atoms with Crippen LogP contribution in [0.5, 0.6) is 5.75 Å². The molecule has 0 aliphatic carbocycles. The van der Waals surface area contributed by atoms with Gasteiger partial charge < -0.3 is 20.5 Å². The molecule has 2 aliphatic heterocycles. The number of amides is 1. The number of rotatable bonds is 2. The van der Waals surface area contributed by atoms with Crippen molar-refractivity contribution in [3.05, 3.63) is 23.8 Å². The first-order valence-electron chi connectivity index (χ1n) is 7.50. The van der Waals surface area contributed by atoms with Crippen LogP contribution < -0.4 is 15.4 Å². The Morgan fingerprint density at radius 3 is 2.95 bits per heavy atom. The number of anilines is 1. The summed E-state index contributed by atoms with van der Waals surface area (Å²) in [6.07, 6.45) is 1.58. The largest absolute Gasteiger partial charge is 0.476 e. The lowest BCUT2D eigenvalue weighted by atomic mass is 9.89. The zero-order chi connectivity index (χ0) is 15.0. The second kappa shape index (κ2) is 5.31. The third-order valence-electron chi connectivity index (χ3n) is 4.29. The number of hydrogen-bond acceptors (Lipinski definition) is 4. The zero-order valence-electron chi connectivity index (χ0n) is 12.5. The highest BCUT2D eigenvalue weighted by atomic mass is 16.5. The average molecular weight is 290 g/mol. The fourth-order valence-corrected chi connectivity index (χ4v) is 2.93. The minimum Gasteiger partial charge on any atom is -0.476 e. The van der Waals surface area contributed by atoms with Crippen molar-refractivity contribution in [2.24, 2.45) is 5.92 Å². The van der Waals surface area contributed by atoms with Gasteiger partial charge in [-0.15, -0.1) is 0 Å². The molecule has 2 unspecified atom stereocenters. The van der Waals surface area contributed by atoms with Crippen LogP contribution in [0.3, 0.4) is 0 Å². The van der Waals surface area contributed by atoms with E-state index in [4.69, 9.17) is 4.74 Å². The van der Waals surface area contributed by atoms with Gasteiger partial charge in [-0.1, -0.05) is 6.07 Å². The molecule has 114 valence electrons. The predicted molar refractivity (Wildman–Crippen MR) is 80.3 cm³/mol. The van der Waals surface area contributed by atoms with Crippen LogP contribution in [-0.4, -0.2) is 29.7 Å². The molecule has 1 aromatic rings. The fraction of sp³-hybridized carbons (Fsp3) is 0.562. The van der Waals surface area contributed by atoms with E-state index in [0.29, 0.717) is 11.4 Å². The normalized spacial score (nSPS) is 25.5. The molecule has 2 atom stereocenters. The summed E-state index contributed by atoms with van der Waals surface area (Å²) < 4.78 is 5.71. The van der Waals surface area contributed by atoms with Crippen LogP contribution in [0.25, 0.3) is 0 Å². The second-order valence-electron chi connectivity index (χ2n) is 6.37. The van der Waals surface area contributed by atoms with Gasteiger partial charge >= 0.3 is 0 Å². The maximum atomic E-state index is 12.0. The molecular formula is C16H22N2O3. The summed E-state index contributed by atoms with van der Waals surface area (Å²) in [6, 6.07) is 5.53. The number of carbonyl (C=O) groups excluding carboxylic acids is 1. The van der Waals surface area contributed by atoms with Crippen molar-refractivity contribution < 1.29 is 14.6 Å². The standard InChI is InChI=1S/C16H22N2O3/c1-16(2)15(20)18-12-8-10(5-6-13(12)21-16)14(19)11-4-3-7-17-9-11/h5-6,8,11,14,17,19H,3-4,7,9H2,1-2H3,(H,18,20). The SMILES string of the molecule is CC1(C)Oc2ccc(C(O)C3CCCNC3)cc2NC1=O. The van der Waals surface area contributed by atoms with Gasteiger partial charge in [0, 0.05) is 12.5 Å². The molecule has 1 fully saturated rings. The van der Waals surface area contributed by atoms with Gasteiger partial charge in [0.2, 0.25) is 0 Å². The Morgan fingerprint density at radius 1 is 1.43 bits per heavy atom. The number of carbonyl (C=O) groups is 1. The fourth-order valence-electron chi connectivity index (χ4n) is 2.93. The third-order valence-corrected chi connectivity index (χ3v) is 4.29. The first-order valence-corrected chi connectivity index (χ1v) is 7.50. The lowest BCUT2D eigenvalue weighted by Crippen LogP contribution is -2.45. The van der Waals surface area contributed by atoms with Crippen molar-refractivity contribution in [1.29, 1.82) is 0 Å². The smallest absolute Gasteiger partial charge is 0.268 e. The molecule has 3 rings (SSSR count). The van der Waals surface area contributed by atoms with E-state index in [1.54, 1.807) is 13.8 Å². The van der Waals surface area contributed by atoms with Crippen molar-refractivity contribution in [3.8, 4) is 5.75 Å². The van der Waals surface area contributed by atoms with Crippen molar-refractivity contribution in [3.63, 3.8) is 0 Å². The number of hydrogen-bond donors (Lipinski definition) is 3. The van der Waals surface area contributed by atoms with Gasteiger partial charge in [-0.3, -0.25) is 4.79 Å². The number of benzene rings is 1. The van der Waals surface area contributed by atoms with Crippen LogP contribution in [0.1, 0.15) is 38.4 Å². The van der Waals surface area contributed by atoms with Gasteiger partial charge in [0.1, 0.15) is 5.75 Å². The highest BCUT2D eigenvalue weighted by Crippen LogP contribution is 2.37. The molecule has 0 saturated carbocycles. The summed E-state index contributed by atoms with van der Waals surface area (Å²) in [4.78, 5) is 12.0. The minimum absolute atomic E-state index is 0.166. The van der Waals surface area contributed by atoms with Gasteiger partial charge in [0.05, 0.1) is 11.8 Å². The van der Waals surface area contributed by atoms with Crippen molar-refractivity contribution in [1.82, 2.24) is 5.32 Å². The van der Waals surface area contributed by atoms with E-state index in [0.717, 1.165) is 31.5 Å². The monoisotopic (exact) mass is 290 g/mol. The summed E-state index contributed by atoms with van der Waals surface area (Å²) >= 11 is 0. The molecule has 3 N–H and O–H groups in total. The van der Waals surface area contributed by atoms with Crippen molar-refractivity contribution in [2.45, 2.75) is 38.4 Å². The lowest BCUT2D eigenvalue weighted by molar-refractivity contribution is -0.129. The van der Waals surface area contributed by atoms with Crippen LogP contribution in [0.2, 0.25) is 0 Å². The Balaban J connectivity index is 1.83. The van der Waals surface area contributed by atoms with E-state index >= 15 is 0 Å². The molecule has 1 aromatic carbocycles. The highest BCUT2D eigenvalue weighted by molar-refractivity contribution is 6.00. The van der Waals surface area contributed by atoms with E-state index < -0.39 is 11.7 Å². The first kappa shape index (κ1) is 14.4. The van der Waals surface area contributed by atoms with E-state index in [-0.39, 0.29) is 11.8 Å². The van der Waals surface area contributed by atoms with E-state index in [9.17, 15) is 9.90 Å². The number of ether oxygens (including phenoxy) is 1. The Morgan fingerprint density at radius 2 is 2.24 bits per heavy atom. The first-order chi connectivity index (χ1) is 9.97. The van der Waals surface area contributed by atoms with Gasteiger partial charge in [-0.2, -0.15) is 0 Å². The summed E-state index contributed by atoms with van der Waals surface area (Å²) in [5.41, 5.74) is 0.603. The number of piperidine rings is 1. The molecule has 21 heavy (non-hydrogen) atoms.